The SMILES string of the molecule is CC(C)C[C@H](NC(=O)CNC(=O)[C@H](C)NC(=O)[C@@H](NC(=O)CN)[C@@H](C)O)C(=O)O. The standard InChI is InChI=1S/C17H31N5O7/c1-8(2)5-11(17(28)29)21-13(25)7-19-15(26)9(3)20-16(27)14(10(4)23)22-12(24)6-18/h8-11,14,23H,5-7,18H2,1-4H3,(H,19,26)(H,20,27)(H,21,25)(H,22,24)(H,28,29)/t9-,10+,11-,14-/m0/s1. The van der Waals surface area contributed by atoms with Crippen LogP contribution < -0.4 is 27.0 Å². The Morgan fingerprint density at radius 3 is 1.93 bits per heavy atom. The highest BCUT2D eigenvalue weighted by molar-refractivity contribution is 5.94. The Balaban J connectivity index is 4.65. The minimum absolute atomic E-state index is 0.0443. The van der Waals surface area contributed by atoms with Crippen LogP contribution in [0.5, 0.6) is 0 Å². The van der Waals surface area contributed by atoms with Gasteiger partial charge in [-0.15, -0.1) is 0 Å². The molecule has 0 radical (unpaired) electrons. The Labute approximate surface area is 169 Å². The third kappa shape index (κ3) is 10.4. The Bertz CT molecular complexity index is 609. The third-order valence-corrected chi connectivity index (χ3v) is 3.78. The second-order valence-electron chi connectivity index (χ2n) is 7.03. The fourth-order valence-electron chi connectivity index (χ4n) is 2.27. The van der Waals surface area contributed by atoms with Crippen LogP contribution >= 0.6 is 0 Å². The number of rotatable bonds is 12. The predicted molar refractivity (Wildman–Crippen MR) is 102 cm³/mol. The van der Waals surface area contributed by atoms with Crippen LogP contribution in [0.25, 0.3) is 0 Å². The van der Waals surface area contributed by atoms with Crippen molar-refractivity contribution in [1.82, 2.24) is 21.3 Å². The van der Waals surface area contributed by atoms with Gasteiger partial charge >= 0.3 is 5.97 Å². The highest BCUT2D eigenvalue weighted by Crippen LogP contribution is 2.04. The molecule has 0 aromatic heterocycles. The number of aliphatic hydroxyl groups is 1. The van der Waals surface area contributed by atoms with E-state index in [9.17, 15) is 29.1 Å². The number of hydrogen-bond acceptors (Lipinski definition) is 7. The lowest BCUT2D eigenvalue weighted by molar-refractivity contribution is -0.142. The monoisotopic (exact) mass is 417 g/mol. The van der Waals surface area contributed by atoms with Crippen LogP contribution in [0.2, 0.25) is 0 Å². The molecule has 0 saturated carbocycles. The Kier molecular flexibility index (Phi) is 11.5. The van der Waals surface area contributed by atoms with Crippen molar-refractivity contribution in [3.05, 3.63) is 0 Å². The van der Waals surface area contributed by atoms with E-state index in [1.54, 1.807) is 0 Å². The molecule has 0 saturated heterocycles. The van der Waals surface area contributed by atoms with Crippen molar-refractivity contribution in [2.24, 2.45) is 11.7 Å². The molecule has 0 aliphatic heterocycles. The fourth-order valence-corrected chi connectivity index (χ4v) is 2.27. The summed E-state index contributed by atoms with van der Waals surface area (Å²) in [6.07, 6.45) is -1.00. The maximum Gasteiger partial charge on any atom is 0.326 e. The number of amides is 4. The zero-order chi connectivity index (χ0) is 22.7. The van der Waals surface area contributed by atoms with Gasteiger partial charge in [-0.3, -0.25) is 19.2 Å². The maximum absolute atomic E-state index is 12.2. The van der Waals surface area contributed by atoms with Crippen molar-refractivity contribution in [2.75, 3.05) is 13.1 Å². The molecule has 4 atom stereocenters. The number of nitrogens with two attached hydrogens (primary N) is 1. The topological polar surface area (TPSA) is 200 Å². The van der Waals surface area contributed by atoms with Crippen LogP contribution in [0.4, 0.5) is 0 Å². The first-order valence-electron chi connectivity index (χ1n) is 9.16. The number of carboxylic acids is 1. The van der Waals surface area contributed by atoms with E-state index < -0.39 is 60.4 Å². The zero-order valence-corrected chi connectivity index (χ0v) is 17.0. The van der Waals surface area contributed by atoms with Crippen LogP contribution in [0.3, 0.4) is 0 Å². The average molecular weight is 417 g/mol. The lowest BCUT2D eigenvalue weighted by Crippen LogP contribution is -2.57. The number of aliphatic carboxylic acids is 1. The Hall–Kier alpha value is -2.73. The first-order chi connectivity index (χ1) is 13.4. The number of nitrogens with one attached hydrogen (secondary N) is 4. The largest absolute Gasteiger partial charge is 0.480 e. The molecule has 0 rings (SSSR count). The lowest BCUT2D eigenvalue weighted by Gasteiger charge is -2.23. The zero-order valence-electron chi connectivity index (χ0n) is 17.0. The smallest absolute Gasteiger partial charge is 0.326 e. The maximum atomic E-state index is 12.2. The van der Waals surface area contributed by atoms with Crippen molar-refractivity contribution < 1.29 is 34.2 Å². The molecular weight excluding hydrogens is 386 g/mol. The van der Waals surface area contributed by atoms with E-state index in [1.807, 2.05) is 13.8 Å². The summed E-state index contributed by atoms with van der Waals surface area (Å²) in [5.74, 6) is -4.00. The number of carboxylic acid groups (broad SMARTS) is 1. The molecule has 0 aromatic rings. The molecule has 0 heterocycles. The van der Waals surface area contributed by atoms with Crippen LogP contribution in [-0.2, 0) is 24.0 Å². The van der Waals surface area contributed by atoms with Gasteiger partial charge in [0.1, 0.15) is 18.1 Å². The molecule has 12 nitrogen and oxygen atoms in total. The predicted octanol–water partition coefficient (Wildman–Crippen LogP) is -2.95. The van der Waals surface area contributed by atoms with Crippen molar-refractivity contribution in [2.45, 2.75) is 58.3 Å². The van der Waals surface area contributed by atoms with Crippen LogP contribution in [-0.4, -0.2) is 77.1 Å². The minimum Gasteiger partial charge on any atom is -0.480 e. The summed E-state index contributed by atoms with van der Waals surface area (Å²) in [4.78, 5) is 58.6. The number of carbonyl (C=O) groups excluding carboxylic acids is 4. The van der Waals surface area contributed by atoms with E-state index in [0.717, 1.165) is 0 Å². The minimum atomic E-state index is -1.31. The number of carbonyl (C=O) groups is 5. The molecule has 0 spiro atoms. The van der Waals surface area contributed by atoms with Gasteiger partial charge in [0.25, 0.3) is 0 Å². The molecule has 29 heavy (non-hydrogen) atoms. The van der Waals surface area contributed by atoms with Crippen LogP contribution in [0.1, 0.15) is 34.1 Å². The molecule has 166 valence electrons. The van der Waals surface area contributed by atoms with Crippen LogP contribution in [0.15, 0.2) is 0 Å². The summed E-state index contributed by atoms with van der Waals surface area (Å²) >= 11 is 0. The van der Waals surface area contributed by atoms with Crippen molar-refractivity contribution in [3.8, 4) is 0 Å². The lowest BCUT2D eigenvalue weighted by atomic mass is 10.0. The molecule has 4 amide bonds. The molecular formula is C17H31N5O7. The van der Waals surface area contributed by atoms with Gasteiger partial charge in [0.05, 0.1) is 19.2 Å². The summed E-state index contributed by atoms with van der Waals surface area (Å²) in [6, 6.07) is -3.47. The summed E-state index contributed by atoms with van der Waals surface area (Å²) < 4.78 is 0. The van der Waals surface area contributed by atoms with E-state index in [0.29, 0.717) is 0 Å². The molecule has 0 unspecified atom stereocenters. The van der Waals surface area contributed by atoms with E-state index in [2.05, 4.69) is 21.3 Å². The Morgan fingerprint density at radius 2 is 1.48 bits per heavy atom. The molecule has 12 heteroatoms. The number of hydrogen-bond donors (Lipinski definition) is 7. The summed E-state index contributed by atoms with van der Waals surface area (Å²) in [6.45, 7) is 5.38. The van der Waals surface area contributed by atoms with E-state index in [1.165, 1.54) is 13.8 Å². The van der Waals surface area contributed by atoms with E-state index in [4.69, 9.17) is 10.8 Å². The molecule has 0 fully saturated rings. The normalized spacial score (nSPS) is 14.9. The van der Waals surface area contributed by atoms with Gasteiger partial charge in [-0.2, -0.15) is 0 Å². The summed E-state index contributed by atoms with van der Waals surface area (Å²) in [7, 11) is 0. The third-order valence-electron chi connectivity index (χ3n) is 3.78. The first-order valence-corrected chi connectivity index (χ1v) is 9.16. The summed E-state index contributed by atoms with van der Waals surface area (Å²) in [5.41, 5.74) is 5.15. The van der Waals surface area contributed by atoms with Gasteiger partial charge in [0, 0.05) is 0 Å². The van der Waals surface area contributed by atoms with Crippen molar-refractivity contribution in [1.29, 1.82) is 0 Å². The van der Waals surface area contributed by atoms with Crippen molar-refractivity contribution >= 4 is 29.6 Å². The van der Waals surface area contributed by atoms with Gasteiger partial charge in [-0.25, -0.2) is 4.79 Å². The van der Waals surface area contributed by atoms with Gasteiger partial charge in [-0.05, 0) is 26.2 Å². The van der Waals surface area contributed by atoms with Gasteiger partial charge in [0.15, 0.2) is 0 Å². The van der Waals surface area contributed by atoms with Gasteiger partial charge in [-0.1, -0.05) is 13.8 Å². The second kappa shape index (κ2) is 12.7. The molecule has 0 aromatic carbocycles. The van der Waals surface area contributed by atoms with Crippen LogP contribution in [0, 0.1) is 5.92 Å². The highest BCUT2D eigenvalue weighted by atomic mass is 16.4. The summed E-state index contributed by atoms with van der Waals surface area (Å²) in [5, 5.41) is 27.9. The van der Waals surface area contributed by atoms with E-state index >= 15 is 0 Å². The van der Waals surface area contributed by atoms with Gasteiger partial charge < -0.3 is 37.2 Å². The number of aliphatic hydroxyl groups excluding tert-OH is 1. The quantitative estimate of drug-likeness (QED) is 0.175. The second-order valence-corrected chi connectivity index (χ2v) is 7.03. The van der Waals surface area contributed by atoms with E-state index in [-0.39, 0.29) is 18.9 Å². The fraction of sp³-hybridized carbons (Fsp3) is 0.706. The average Bonchev–Trinajstić information content (AvgIpc) is 2.62. The first kappa shape index (κ1) is 26.3. The molecule has 0 aliphatic carbocycles. The molecule has 0 aliphatic rings. The Morgan fingerprint density at radius 1 is 0.897 bits per heavy atom. The highest BCUT2D eigenvalue weighted by Gasteiger charge is 2.28. The molecule has 8 N–H and O–H groups in total. The van der Waals surface area contributed by atoms with Gasteiger partial charge in [0.2, 0.25) is 23.6 Å². The van der Waals surface area contributed by atoms with Crippen molar-refractivity contribution in [3.63, 3.8) is 0 Å². The molecule has 0 bridgehead atoms.